The largest absolute Gasteiger partial charge is 0.313 e. The number of aryl methyl sites for hydroxylation is 1. The number of alkyl halides is 1. The molecule has 0 unspecified atom stereocenters. The van der Waals surface area contributed by atoms with E-state index in [1.165, 1.54) is 0 Å². The van der Waals surface area contributed by atoms with E-state index in [-0.39, 0.29) is 0 Å². The van der Waals surface area contributed by atoms with E-state index in [0.29, 0.717) is 10.9 Å². The molecule has 1 heterocycles. The summed E-state index contributed by atoms with van der Waals surface area (Å²) in [6.07, 6.45) is 0. The van der Waals surface area contributed by atoms with E-state index in [1.807, 2.05) is 36.7 Å². The first kappa shape index (κ1) is 11.4. The zero-order valence-electron chi connectivity index (χ0n) is 9.04. The second-order valence-corrected chi connectivity index (χ2v) is 4.35. The third kappa shape index (κ3) is 2.06. The predicted molar refractivity (Wildman–Crippen MR) is 65.7 cm³/mol. The molecule has 0 saturated heterocycles. The average Bonchev–Trinajstić information content (AvgIpc) is 2.58. The lowest BCUT2D eigenvalue weighted by Crippen LogP contribution is -1.97. The van der Waals surface area contributed by atoms with Crippen LogP contribution in [0.5, 0.6) is 0 Å². The minimum Gasteiger partial charge on any atom is -0.313 e. The highest BCUT2D eigenvalue weighted by Gasteiger charge is 2.10. The van der Waals surface area contributed by atoms with Crippen molar-refractivity contribution in [2.24, 2.45) is 7.05 Å². The molecule has 84 valence electrons. The molecule has 0 atom stereocenters. The van der Waals surface area contributed by atoms with Crippen LogP contribution in [0.3, 0.4) is 0 Å². The molecule has 0 spiro atoms. The van der Waals surface area contributed by atoms with Gasteiger partial charge in [0.15, 0.2) is 5.82 Å². The van der Waals surface area contributed by atoms with Gasteiger partial charge in [0.25, 0.3) is 0 Å². The lowest BCUT2D eigenvalue weighted by atomic mass is 10.1. The Bertz CT molecular complexity index is 500. The van der Waals surface area contributed by atoms with Crippen molar-refractivity contribution < 1.29 is 0 Å². The minimum absolute atomic E-state index is 0.350. The quantitative estimate of drug-likeness (QED) is 0.772. The molecule has 0 aliphatic heterocycles. The summed E-state index contributed by atoms with van der Waals surface area (Å²) < 4.78 is 1.87. The molecule has 0 aliphatic carbocycles. The fourth-order valence-corrected chi connectivity index (χ4v) is 2.12. The SMILES string of the molecule is Cc1cc(Cl)cc(-c2nnc(CCl)n2C)c1. The van der Waals surface area contributed by atoms with Crippen molar-refractivity contribution in [1.29, 1.82) is 0 Å². The van der Waals surface area contributed by atoms with Gasteiger partial charge in [0, 0.05) is 17.6 Å². The molecule has 16 heavy (non-hydrogen) atoms. The Morgan fingerprint density at radius 2 is 2.00 bits per heavy atom. The van der Waals surface area contributed by atoms with Gasteiger partial charge < -0.3 is 4.57 Å². The van der Waals surface area contributed by atoms with Crippen molar-refractivity contribution in [3.8, 4) is 11.4 Å². The topological polar surface area (TPSA) is 30.7 Å². The number of benzene rings is 1. The summed E-state index contributed by atoms with van der Waals surface area (Å²) in [4.78, 5) is 0. The van der Waals surface area contributed by atoms with Gasteiger partial charge >= 0.3 is 0 Å². The summed E-state index contributed by atoms with van der Waals surface area (Å²) in [5, 5.41) is 8.82. The minimum atomic E-state index is 0.350. The lowest BCUT2D eigenvalue weighted by molar-refractivity contribution is 0.853. The van der Waals surface area contributed by atoms with Crippen molar-refractivity contribution in [1.82, 2.24) is 14.8 Å². The maximum Gasteiger partial charge on any atom is 0.163 e. The lowest BCUT2D eigenvalue weighted by Gasteiger charge is -2.04. The van der Waals surface area contributed by atoms with Gasteiger partial charge in [0.2, 0.25) is 0 Å². The molecule has 3 nitrogen and oxygen atoms in total. The van der Waals surface area contributed by atoms with Gasteiger partial charge in [-0.2, -0.15) is 0 Å². The highest BCUT2D eigenvalue weighted by molar-refractivity contribution is 6.30. The Hall–Kier alpha value is -1.06. The van der Waals surface area contributed by atoms with Gasteiger partial charge in [-0.25, -0.2) is 0 Å². The second kappa shape index (κ2) is 4.44. The Labute approximate surface area is 104 Å². The normalized spacial score (nSPS) is 10.8. The molecule has 0 saturated carbocycles. The molecule has 0 aliphatic rings. The van der Waals surface area contributed by atoms with Crippen molar-refractivity contribution in [2.45, 2.75) is 12.8 Å². The Balaban J connectivity index is 2.54. The molecule has 2 aromatic rings. The van der Waals surface area contributed by atoms with Gasteiger partial charge in [0.1, 0.15) is 5.82 Å². The molecule has 0 radical (unpaired) electrons. The molecule has 1 aromatic carbocycles. The van der Waals surface area contributed by atoms with Crippen LogP contribution in [0.1, 0.15) is 11.4 Å². The predicted octanol–water partition coefficient (Wildman–Crippen LogP) is 3.18. The highest BCUT2D eigenvalue weighted by Crippen LogP contribution is 2.23. The van der Waals surface area contributed by atoms with E-state index in [0.717, 1.165) is 22.8 Å². The molecule has 0 N–H and O–H groups in total. The zero-order chi connectivity index (χ0) is 11.7. The van der Waals surface area contributed by atoms with Gasteiger partial charge in [-0.15, -0.1) is 21.8 Å². The summed E-state index contributed by atoms with van der Waals surface area (Å²) in [6, 6.07) is 5.80. The zero-order valence-corrected chi connectivity index (χ0v) is 10.5. The van der Waals surface area contributed by atoms with Crippen molar-refractivity contribution in [2.75, 3.05) is 0 Å². The van der Waals surface area contributed by atoms with Crippen LogP contribution < -0.4 is 0 Å². The molecule has 0 amide bonds. The van der Waals surface area contributed by atoms with Crippen LogP contribution in [0.25, 0.3) is 11.4 Å². The van der Waals surface area contributed by atoms with Crippen LogP contribution in [0.2, 0.25) is 5.02 Å². The molecule has 1 aromatic heterocycles. The smallest absolute Gasteiger partial charge is 0.163 e. The maximum absolute atomic E-state index is 6.01. The average molecular weight is 256 g/mol. The molecular weight excluding hydrogens is 245 g/mol. The van der Waals surface area contributed by atoms with E-state index in [2.05, 4.69) is 10.2 Å². The number of halogens is 2. The molecule has 0 fully saturated rings. The number of hydrogen-bond donors (Lipinski definition) is 0. The van der Waals surface area contributed by atoms with Crippen molar-refractivity contribution in [3.05, 3.63) is 34.6 Å². The first-order valence-corrected chi connectivity index (χ1v) is 5.75. The van der Waals surface area contributed by atoms with E-state index >= 15 is 0 Å². The van der Waals surface area contributed by atoms with Crippen LogP contribution in [-0.4, -0.2) is 14.8 Å². The van der Waals surface area contributed by atoms with Crippen LogP contribution in [0.15, 0.2) is 18.2 Å². The van der Waals surface area contributed by atoms with E-state index in [1.54, 1.807) is 0 Å². The van der Waals surface area contributed by atoms with Gasteiger partial charge in [-0.1, -0.05) is 11.6 Å². The molecule has 5 heteroatoms. The number of rotatable bonds is 2. The monoisotopic (exact) mass is 255 g/mol. The second-order valence-electron chi connectivity index (χ2n) is 3.65. The molecule has 0 bridgehead atoms. The van der Waals surface area contributed by atoms with Gasteiger partial charge in [-0.05, 0) is 30.7 Å². The Morgan fingerprint density at radius 1 is 1.25 bits per heavy atom. The first-order valence-electron chi connectivity index (χ1n) is 4.83. The summed E-state index contributed by atoms with van der Waals surface area (Å²) in [7, 11) is 1.89. The van der Waals surface area contributed by atoms with Crippen LogP contribution in [-0.2, 0) is 12.9 Å². The van der Waals surface area contributed by atoms with E-state index in [9.17, 15) is 0 Å². The summed E-state index contributed by atoms with van der Waals surface area (Å²) >= 11 is 11.8. The summed E-state index contributed by atoms with van der Waals surface area (Å²) in [6.45, 7) is 1.99. The summed E-state index contributed by atoms with van der Waals surface area (Å²) in [5.74, 6) is 1.87. The summed E-state index contributed by atoms with van der Waals surface area (Å²) in [5.41, 5.74) is 2.05. The standard InChI is InChI=1S/C11H11Cl2N3/c1-7-3-8(5-9(13)4-7)11-15-14-10(6-12)16(11)2/h3-5H,6H2,1-2H3. The van der Waals surface area contributed by atoms with E-state index < -0.39 is 0 Å². The number of hydrogen-bond acceptors (Lipinski definition) is 2. The fourth-order valence-electron chi connectivity index (χ4n) is 1.59. The fraction of sp³-hybridized carbons (Fsp3) is 0.273. The number of nitrogens with zero attached hydrogens (tertiary/aromatic N) is 3. The maximum atomic E-state index is 6.01. The van der Waals surface area contributed by atoms with E-state index in [4.69, 9.17) is 23.2 Å². The number of aromatic nitrogens is 3. The van der Waals surface area contributed by atoms with Crippen LogP contribution in [0, 0.1) is 6.92 Å². The van der Waals surface area contributed by atoms with Crippen molar-refractivity contribution >= 4 is 23.2 Å². The van der Waals surface area contributed by atoms with Gasteiger partial charge in [0.05, 0.1) is 5.88 Å². The third-order valence-electron chi connectivity index (χ3n) is 2.38. The van der Waals surface area contributed by atoms with Crippen LogP contribution in [0.4, 0.5) is 0 Å². The van der Waals surface area contributed by atoms with Crippen LogP contribution >= 0.6 is 23.2 Å². The van der Waals surface area contributed by atoms with Crippen molar-refractivity contribution in [3.63, 3.8) is 0 Å². The highest BCUT2D eigenvalue weighted by atomic mass is 35.5. The molecular formula is C11H11Cl2N3. The molecule has 2 rings (SSSR count). The third-order valence-corrected chi connectivity index (χ3v) is 2.84. The van der Waals surface area contributed by atoms with Gasteiger partial charge in [-0.3, -0.25) is 0 Å². The Morgan fingerprint density at radius 3 is 2.56 bits per heavy atom. The Kier molecular flexibility index (Phi) is 3.17. The first-order chi connectivity index (χ1) is 7.61.